The molecule has 2 heterocycles. The van der Waals surface area contributed by atoms with Gasteiger partial charge in [0, 0.05) is 37.3 Å². The van der Waals surface area contributed by atoms with Crippen molar-refractivity contribution >= 4 is 21.8 Å². The Morgan fingerprint density at radius 3 is 2.79 bits per heavy atom. The highest BCUT2D eigenvalue weighted by molar-refractivity contribution is 7.99. The van der Waals surface area contributed by atoms with Gasteiger partial charge < -0.3 is 9.67 Å². The summed E-state index contributed by atoms with van der Waals surface area (Å²) >= 11 is 1.79. The topological polar surface area (TPSA) is 62.5 Å². The van der Waals surface area contributed by atoms with Crippen LogP contribution in [-0.4, -0.2) is 47.0 Å². The highest BCUT2D eigenvalue weighted by Gasteiger charge is 2.31. The number of aliphatic hydroxyl groups excluding tert-OH is 1. The second-order valence-corrected chi connectivity index (χ2v) is 7.80. The third kappa shape index (κ3) is 2.84. The minimum absolute atomic E-state index is 0.0811. The SMILES string of the molecule is CCn1cc(S(=O)(=O)N(C)C2CCSC2)cc1CO. The normalized spacial score (nSPS) is 20.3. The van der Waals surface area contributed by atoms with E-state index in [0.717, 1.165) is 17.9 Å². The van der Waals surface area contributed by atoms with Crippen molar-refractivity contribution < 1.29 is 13.5 Å². The largest absolute Gasteiger partial charge is 0.390 e. The van der Waals surface area contributed by atoms with Gasteiger partial charge in [-0.25, -0.2) is 8.42 Å². The van der Waals surface area contributed by atoms with Crippen LogP contribution in [0.15, 0.2) is 17.2 Å². The summed E-state index contributed by atoms with van der Waals surface area (Å²) in [5.41, 5.74) is 0.635. The Hall–Kier alpha value is -0.500. The van der Waals surface area contributed by atoms with Gasteiger partial charge in [0.1, 0.15) is 4.90 Å². The minimum Gasteiger partial charge on any atom is -0.390 e. The maximum atomic E-state index is 12.5. The third-order valence-electron chi connectivity index (χ3n) is 3.56. The highest BCUT2D eigenvalue weighted by Crippen LogP contribution is 2.27. The second kappa shape index (κ2) is 5.87. The number of hydrogen-bond donors (Lipinski definition) is 1. The molecule has 0 aromatic carbocycles. The Labute approximate surface area is 118 Å². The second-order valence-electron chi connectivity index (χ2n) is 4.65. The van der Waals surface area contributed by atoms with E-state index in [-0.39, 0.29) is 17.5 Å². The van der Waals surface area contributed by atoms with Gasteiger partial charge >= 0.3 is 0 Å². The molecule has 1 N–H and O–H groups in total. The Balaban J connectivity index is 2.30. The molecule has 5 nitrogen and oxygen atoms in total. The molecule has 1 unspecified atom stereocenters. The Bertz CT molecular complexity index is 512. The zero-order valence-electron chi connectivity index (χ0n) is 11.2. The van der Waals surface area contributed by atoms with Crippen LogP contribution >= 0.6 is 11.8 Å². The molecule has 0 bridgehead atoms. The lowest BCUT2D eigenvalue weighted by molar-refractivity contribution is 0.271. The number of aryl methyl sites for hydroxylation is 1. The molecule has 108 valence electrons. The van der Waals surface area contributed by atoms with Gasteiger partial charge in [0.2, 0.25) is 10.0 Å². The van der Waals surface area contributed by atoms with E-state index < -0.39 is 10.0 Å². The predicted molar refractivity (Wildman–Crippen MR) is 76.7 cm³/mol. The minimum atomic E-state index is -3.46. The van der Waals surface area contributed by atoms with E-state index in [1.807, 2.05) is 6.92 Å². The first-order valence-electron chi connectivity index (χ1n) is 6.36. The van der Waals surface area contributed by atoms with E-state index in [2.05, 4.69) is 0 Å². The van der Waals surface area contributed by atoms with Gasteiger partial charge in [-0.3, -0.25) is 0 Å². The number of thioether (sulfide) groups is 1. The lowest BCUT2D eigenvalue weighted by Crippen LogP contribution is -2.36. The molecule has 1 aromatic rings. The van der Waals surface area contributed by atoms with Gasteiger partial charge in [-0.15, -0.1) is 0 Å². The zero-order valence-corrected chi connectivity index (χ0v) is 12.9. The monoisotopic (exact) mass is 304 g/mol. The Morgan fingerprint density at radius 2 is 2.32 bits per heavy atom. The molecule has 1 fully saturated rings. The summed E-state index contributed by atoms with van der Waals surface area (Å²) in [6.07, 6.45) is 2.52. The van der Waals surface area contributed by atoms with Crippen molar-refractivity contribution in [1.29, 1.82) is 0 Å². The van der Waals surface area contributed by atoms with Gasteiger partial charge in [0.25, 0.3) is 0 Å². The molecular formula is C12H20N2O3S2. The van der Waals surface area contributed by atoms with Crippen molar-refractivity contribution in [2.24, 2.45) is 0 Å². The molecular weight excluding hydrogens is 284 g/mol. The van der Waals surface area contributed by atoms with E-state index in [1.165, 1.54) is 4.31 Å². The van der Waals surface area contributed by atoms with Crippen LogP contribution in [0.2, 0.25) is 0 Å². The summed E-state index contributed by atoms with van der Waals surface area (Å²) < 4.78 is 28.3. The first kappa shape index (κ1) is 14.9. The van der Waals surface area contributed by atoms with Gasteiger partial charge in [-0.2, -0.15) is 16.1 Å². The fraction of sp³-hybridized carbons (Fsp3) is 0.667. The van der Waals surface area contributed by atoms with E-state index in [9.17, 15) is 13.5 Å². The maximum absolute atomic E-state index is 12.5. The highest BCUT2D eigenvalue weighted by atomic mass is 32.2. The van der Waals surface area contributed by atoms with Gasteiger partial charge in [0.15, 0.2) is 0 Å². The molecule has 1 aliphatic heterocycles. The number of aromatic nitrogens is 1. The standard InChI is InChI=1S/C12H20N2O3S2/c1-3-14-7-12(6-11(14)8-15)19(16,17)13(2)10-4-5-18-9-10/h6-7,10,15H,3-5,8-9H2,1-2H3. The smallest absolute Gasteiger partial charge is 0.244 e. The molecule has 1 aromatic heterocycles. The van der Waals surface area contributed by atoms with Crippen molar-refractivity contribution in [3.8, 4) is 0 Å². The lowest BCUT2D eigenvalue weighted by atomic mass is 10.3. The van der Waals surface area contributed by atoms with Crippen molar-refractivity contribution in [3.63, 3.8) is 0 Å². The Kier molecular flexibility index (Phi) is 4.60. The van der Waals surface area contributed by atoms with Gasteiger partial charge in [0.05, 0.1) is 6.61 Å². The van der Waals surface area contributed by atoms with E-state index >= 15 is 0 Å². The molecule has 2 rings (SSSR count). The summed E-state index contributed by atoms with van der Waals surface area (Å²) in [6.45, 7) is 2.42. The van der Waals surface area contributed by atoms with Crippen LogP contribution in [0.5, 0.6) is 0 Å². The van der Waals surface area contributed by atoms with Crippen molar-refractivity contribution in [3.05, 3.63) is 18.0 Å². The first-order chi connectivity index (χ1) is 9.00. The molecule has 0 saturated carbocycles. The van der Waals surface area contributed by atoms with Crippen LogP contribution in [0, 0.1) is 0 Å². The quantitative estimate of drug-likeness (QED) is 0.886. The summed E-state index contributed by atoms with van der Waals surface area (Å²) in [6, 6.07) is 1.65. The van der Waals surface area contributed by atoms with Crippen molar-refractivity contribution in [2.45, 2.75) is 37.4 Å². The molecule has 1 aliphatic rings. The molecule has 0 spiro atoms. The number of hydrogen-bond acceptors (Lipinski definition) is 4. The average molecular weight is 304 g/mol. The lowest BCUT2D eigenvalue weighted by Gasteiger charge is -2.22. The molecule has 0 radical (unpaired) electrons. The molecule has 0 amide bonds. The molecule has 7 heteroatoms. The van der Waals surface area contributed by atoms with Gasteiger partial charge in [-0.05, 0) is 25.2 Å². The third-order valence-corrected chi connectivity index (χ3v) is 6.58. The predicted octanol–water partition coefficient (Wildman–Crippen LogP) is 1.13. The summed E-state index contributed by atoms with van der Waals surface area (Å²) in [7, 11) is -1.81. The molecule has 0 aliphatic carbocycles. The zero-order chi connectivity index (χ0) is 14.0. The number of rotatable bonds is 5. The maximum Gasteiger partial charge on any atom is 0.244 e. The van der Waals surface area contributed by atoms with E-state index in [0.29, 0.717) is 12.2 Å². The molecule has 1 saturated heterocycles. The number of nitrogens with zero attached hydrogens (tertiary/aromatic N) is 2. The summed E-state index contributed by atoms with van der Waals surface area (Å²) in [5.74, 6) is 1.87. The van der Waals surface area contributed by atoms with Crippen LogP contribution in [0.1, 0.15) is 19.0 Å². The van der Waals surface area contributed by atoms with Crippen LogP contribution in [0.3, 0.4) is 0 Å². The van der Waals surface area contributed by atoms with Crippen LogP contribution in [0.25, 0.3) is 0 Å². The fourth-order valence-corrected chi connectivity index (χ4v) is 5.08. The molecule has 1 atom stereocenters. The van der Waals surface area contributed by atoms with Crippen LogP contribution < -0.4 is 0 Å². The number of sulfonamides is 1. The van der Waals surface area contributed by atoms with Crippen LogP contribution in [0.4, 0.5) is 0 Å². The summed E-state index contributed by atoms with van der Waals surface area (Å²) in [4.78, 5) is 0.276. The first-order valence-corrected chi connectivity index (χ1v) is 8.96. The van der Waals surface area contributed by atoms with E-state index in [4.69, 9.17) is 0 Å². The molecule has 19 heavy (non-hydrogen) atoms. The Morgan fingerprint density at radius 1 is 1.58 bits per heavy atom. The average Bonchev–Trinajstić information content (AvgIpc) is 3.06. The number of aliphatic hydroxyl groups is 1. The van der Waals surface area contributed by atoms with Crippen LogP contribution in [-0.2, 0) is 23.2 Å². The van der Waals surface area contributed by atoms with E-state index in [1.54, 1.807) is 35.6 Å². The van der Waals surface area contributed by atoms with Gasteiger partial charge in [-0.1, -0.05) is 0 Å². The van der Waals surface area contributed by atoms with Crippen molar-refractivity contribution in [1.82, 2.24) is 8.87 Å². The fourth-order valence-electron chi connectivity index (χ4n) is 2.26. The van der Waals surface area contributed by atoms with Crippen molar-refractivity contribution in [2.75, 3.05) is 18.6 Å². The summed E-state index contributed by atoms with van der Waals surface area (Å²) in [5, 5.41) is 9.25.